The molecule has 6 heteroatoms. The van der Waals surface area contributed by atoms with Gasteiger partial charge >= 0.3 is 0 Å². The first-order valence-electron chi connectivity index (χ1n) is 8.12. The molecule has 2 aromatic heterocycles. The lowest BCUT2D eigenvalue weighted by atomic mass is 10.1. The van der Waals surface area contributed by atoms with Crippen molar-refractivity contribution in [2.24, 2.45) is 0 Å². The number of rotatable bonds is 7. The monoisotopic (exact) mass is 390 g/mol. The molecule has 25 heavy (non-hydrogen) atoms. The van der Waals surface area contributed by atoms with Crippen LogP contribution in [0, 0.1) is 6.92 Å². The number of nitrogens with zero attached hydrogens (tertiary/aromatic N) is 1. The summed E-state index contributed by atoms with van der Waals surface area (Å²) in [5.41, 5.74) is 2.17. The van der Waals surface area contributed by atoms with Crippen LogP contribution in [0.25, 0.3) is 10.6 Å². The summed E-state index contributed by atoms with van der Waals surface area (Å²) < 4.78 is 0. The molecular weight excluding hydrogens is 372 g/mol. The van der Waals surface area contributed by atoms with E-state index in [-0.39, 0.29) is 5.91 Å². The standard InChI is InChI=1S/C19H19ClN2OS2/c1-13-22-17(12-24-13)18-8-7-16(25-18)10-11-21-19(23)9-4-14-2-5-15(20)6-3-14/h2-3,5-8,12H,4,9-11H2,1H3,(H,21,23). The molecule has 3 aromatic rings. The molecule has 130 valence electrons. The molecule has 0 saturated heterocycles. The molecule has 1 N–H and O–H groups in total. The van der Waals surface area contributed by atoms with Gasteiger partial charge in [0, 0.05) is 28.2 Å². The number of thiazole rings is 1. The fraction of sp³-hybridized carbons (Fsp3) is 0.263. The van der Waals surface area contributed by atoms with Gasteiger partial charge in [0.05, 0.1) is 15.6 Å². The minimum atomic E-state index is 0.0851. The highest BCUT2D eigenvalue weighted by Crippen LogP contribution is 2.29. The summed E-state index contributed by atoms with van der Waals surface area (Å²) in [5.74, 6) is 0.0851. The maximum absolute atomic E-state index is 12.0. The first-order chi connectivity index (χ1) is 12.1. The molecule has 0 aliphatic rings. The van der Waals surface area contributed by atoms with Gasteiger partial charge in [-0.05, 0) is 49.6 Å². The zero-order chi connectivity index (χ0) is 17.6. The maximum atomic E-state index is 12.0. The second-order valence-corrected chi connectivity index (χ2v) is 8.41. The number of aryl methyl sites for hydroxylation is 2. The van der Waals surface area contributed by atoms with Crippen molar-refractivity contribution in [1.29, 1.82) is 0 Å². The third-order valence-electron chi connectivity index (χ3n) is 3.78. The molecule has 0 bridgehead atoms. The number of carbonyl (C=O) groups is 1. The van der Waals surface area contributed by atoms with Crippen molar-refractivity contribution >= 4 is 40.2 Å². The van der Waals surface area contributed by atoms with Gasteiger partial charge in [0.1, 0.15) is 0 Å². The van der Waals surface area contributed by atoms with Crippen LogP contribution in [-0.4, -0.2) is 17.4 Å². The Bertz CT molecular complexity index is 839. The van der Waals surface area contributed by atoms with Gasteiger partial charge in [-0.25, -0.2) is 4.98 Å². The number of hydrogen-bond donors (Lipinski definition) is 1. The predicted molar refractivity (Wildman–Crippen MR) is 107 cm³/mol. The second kappa shape index (κ2) is 8.61. The number of carbonyl (C=O) groups excluding carboxylic acids is 1. The van der Waals surface area contributed by atoms with Crippen molar-refractivity contribution in [3.8, 4) is 10.6 Å². The van der Waals surface area contributed by atoms with Gasteiger partial charge in [-0.1, -0.05) is 23.7 Å². The maximum Gasteiger partial charge on any atom is 0.220 e. The first kappa shape index (κ1) is 18.1. The van der Waals surface area contributed by atoms with Crippen LogP contribution in [0.3, 0.4) is 0 Å². The second-order valence-electron chi connectivity index (χ2n) is 5.74. The Kier molecular flexibility index (Phi) is 6.24. The van der Waals surface area contributed by atoms with E-state index in [0.29, 0.717) is 13.0 Å². The van der Waals surface area contributed by atoms with Crippen LogP contribution in [0.2, 0.25) is 5.02 Å². The summed E-state index contributed by atoms with van der Waals surface area (Å²) >= 11 is 9.27. The van der Waals surface area contributed by atoms with Crippen LogP contribution in [0.4, 0.5) is 0 Å². The van der Waals surface area contributed by atoms with Crippen LogP contribution in [0.15, 0.2) is 41.8 Å². The van der Waals surface area contributed by atoms with Crippen LogP contribution < -0.4 is 5.32 Å². The highest BCUT2D eigenvalue weighted by Gasteiger charge is 2.07. The summed E-state index contributed by atoms with van der Waals surface area (Å²) in [6.07, 6.45) is 2.07. The molecule has 0 saturated carbocycles. The van der Waals surface area contributed by atoms with E-state index < -0.39 is 0 Å². The lowest BCUT2D eigenvalue weighted by Gasteiger charge is -2.04. The van der Waals surface area contributed by atoms with Gasteiger partial charge < -0.3 is 5.32 Å². The quantitative estimate of drug-likeness (QED) is 0.608. The normalized spacial score (nSPS) is 10.8. The number of thiophene rings is 1. The predicted octanol–water partition coefficient (Wildman–Crippen LogP) is 5.12. The van der Waals surface area contributed by atoms with Gasteiger partial charge in [-0.2, -0.15) is 0 Å². The van der Waals surface area contributed by atoms with Crippen molar-refractivity contribution < 1.29 is 4.79 Å². The lowest BCUT2D eigenvalue weighted by Crippen LogP contribution is -2.25. The molecule has 1 amide bonds. The van der Waals surface area contributed by atoms with Crippen LogP contribution >= 0.6 is 34.3 Å². The van der Waals surface area contributed by atoms with Crippen molar-refractivity contribution in [3.63, 3.8) is 0 Å². The van der Waals surface area contributed by atoms with E-state index >= 15 is 0 Å². The Morgan fingerprint density at radius 2 is 1.96 bits per heavy atom. The topological polar surface area (TPSA) is 42.0 Å². The lowest BCUT2D eigenvalue weighted by molar-refractivity contribution is -0.121. The molecule has 1 aromatic carbocycles. The van der Waals surface area contributed by atoms with Gasteiger partial charge in [0.2, 0.25) is 5.91 Å². The van der Waals surface area contributed by atoms with Crippen LogP contribution in [0.1, 0.15) is 21.9 Å². The smallest absolute Gasteiger partial charge is 0.220 e. The number of hydrogen-bond acceptors (Lipinski definition) is 4. The van der Waals surface area contributed by atoms with Crippen molar-refractivity contribution in [3.05, 3.63) is 62.2 Å². The summed E-state index contributed by atoms with van der Waals surface area (Å²) in [4.78, 5) is 18.9. The average Bonchev–Trinajstić information content (AvgIpc) is 3.23. The molecule has 2 heterocycles. The first-order valence-corrected chi connectivity index (χ1v) is 10.2. The van der Waals surface area contributed by atoms with Crippen molar-refractivity contribution in [1.82, 2.24) is 10.3 Å². The van der Waals surface area contributed by atoms with Crippen molar-refractivity contribution in [2.45, 2.75) is 26.2 Å². The number of amides is 1. The Morgan fingerprint density at radius 1 is 1.16 bits per heavy atom. The largest absolute Gasteiger partial charge is 0.356 e. The van der Waals surface area contributed by atoms with E-state index in [9.17, 15) is 4.79 Å². The van der Waals surface area contributed by atoms with Gasteiger partial charge in [-0.15, -0.1) is 22.7 Å². The number of aromatic nitrogens is 1. The molecule has 0 aliphatic heterocycles. The SMILES string of the molecule is Cc1nc(-c2ccc(CCNC(=O)CCc3ccc(Cl)cc3)s2)cs1. The number of benzene rings is 1. The van der Waals surface area contributed by atoms with Gasteiger partial charge in [-0.3, -0.25) is 4.79 Å². The molecule has 0 fully saturated rings. The third-order valence-corrected chi connectivity index (χ3v) is 5.97. The van der Waals surface area contributed by atoms with Gasteiger partial charge in [0.15, 0.2) is 0 Å². The summed E-state index contributed by atoms with van der Waals surface area (Å²) in [7, 11) is 0. The Balaban J connectivity index is 1.41. The molecular formula is C19H19ClN2OS2. The minimum absolute atomic E-state index is 0.0851. The zero-order valence-corrected chi connectivity index (χ0v) is 16.3. The van der Waals surface area contributed by atoms with E-state index in [2.05, 4.69) is 27.8 Å². The van der Waals surface area contributed by atoms with E-state index in [4.69, 9.17) is 11.6 Å². The fourth-order valence-electron chi connectivity index (χ4n) is 2.45. The molecule has 0 unspecified atom stereocenters. The van der Waals surface area contributed by atoms with Crippen molar-refractivity contribution in [2.75, 3.05) is 6.54 Å². The molecule has 0 aliphatic carbocycles. The van der Waals surface area contributed by atoms with E-state index in [0.717, 1.165) is 34.1 Å². The Hall–Kier alpha value is -1.69. The van der Waals surface area contributed by atoms with Crippen LogP contribution in [0.5, 0.6) is 0 Å². The molecule has 0 spiro atoms. The minimum Gasteiger partial charge on any atom is -0.356 e. The molecule has 0 atom stereocenters. The summed E-state index contributed by atoms with van der Waals surface area (Å²) in [5, 5.41) is 6.88. The van der Waals surface area contributed by atoms with E-state index in [1.807, 2.05) is 31.2 Å². The zero-order valence-electron chi connectivity index (χ0n) is 13.9. The molecule has 0 radical (unpaired) electrons. The fourth-order valence-corrected chi connectivity index (χ4v) is 4.23. The Labute approximate surface area is 160 Å². The Morgan fingerprint density at radius 3 is 2.68 bits per heavy atom. The third kappa shape index (κ3) is 5.39. The average molecular weight is 391 g/mol. The highest BCUT2D eigenvalue weighted by atomic mass is 35.5. The number of halogens is 1. The van der Waals surface area contributed by atoms with Gasteiger partial charge in [0.25, 0.3) is 0 Å². The van der Waals surface area contributed by atoms with E-state index in [1.54, 1.807) is 22.7 Å². The number of nitrogens with one attached hydrogen (secondary N) is 1. The molecule has 3 nitrogen and oxygen atoms in total. The molecule has 3 rings (SSSR count). The van der Waals surface area contributed by atoms with Crippen LogP contribution in [-0.2, 0) is 17.6 Å². The highest BCUT2D eigenvalue weighted by molar-refractivity contribution is 7.16. The summed E-state index contributed by atoms with van der Waals surface area (Å²) in [6.45, 7) is 2.68. The van der Waals surface area contributed by atoms with E-state index in [1.165, 1.54) is 9.75 Å². The summed E-state index contributed by atoms with van der Waals surface area (Å²) in [6, 6.07) is 11.9.